The van der Waals surface area contributed by atoms with Crippen molar-refractivity contribution in [2.45, 2.75) is 25.1 Å². The van der Waals surface area contributed by atoms with Crippen LogP contribution < -0.4 is 4.74 Å². The molecule has 2 heterocycles. The fraction of sp³-hybridized carbons (Fsp3) is 0.316. The summed E-state index contributed by atoms with van der Waals surface area (Å²) in [5.74, 6) is 2.27. The number of phenols is 1. The molecular weight excluding hydrogens is 320 g/mol. The van der Waals surface area contributed by atoms with Crippen LogP contribution in [0.1, 0.15) is 30.0 Å². The lowest BCUT2D eigenvalue weighted by atomic mass is 9.96. The maximum atomic E-state index is 10.2. The highest BCUT2D eigenvalue weighted by molar-refractivity contribution is 7.98. The number of phenolic OH excluding ortho intramolecular Hbond substituents is 1. The smallest absolute Gasteiger partial charge is 0.188 e. The summed E-state index contributed by atoms with van der Waals surface area (Å²) in [6.45, 7) is 0. The van der Waals surface area contributed by atoms with Gasteiger partial charge >= 0.3 is 0 Å². The van der Waals surface area contributed by atoms with Gasteiger partial charge in [0.2, 0.25) is 0 Å². The number of nitrogens with zero attached hydrogens (tertiary/aromatic N) is 2. The third-order valence-corrected chi connectivity index (χ3v) is 5.21. The van der Waals surface area contributed by atoms with Crippen LogP contribution in [0.4, 0.5) is 0 Å². The van der Waals surface area contributed by atoms with Crippen molar-refractivity contribution in [3.05, 3.63) is 59.7 Å². The van der Waals surface area contributed by atoms with Crippen molar-refractivity contribution in [1.29, 1.82) is 0 Å². The van der Waals surface area contributed by atoms with E-state index >= 15 is 0 Å². The van der Waals surface area contributed by atoms with E-state index in [9.17, 15) is 5.11 Å². The maximum absolute atomic E-state index is 10.2. The lowest BCUT2D eigenvalue weighted by Crippen LogP contribution is -2.40. The van der Waals surface area contributed by atoms with E-state index in [4.69, 9.17) is 9.84 Å². The van der Waals surface area contributed by atoms with E-state index in [2.05, 4.69) is 17.3 Å². The number of para-hydroxylation sites is 2. The van der Waals surface area contributed by atoms with Crippen molar-refractivity contribution in [2.24, 2.45) is 5.10 Å². The van der Waals surface area contributed by atoms with Crippen LogP contribution in [0.3, 0.4) is 0 Å². The Morgan fingerprint density at radius 1 is 1.21 bits per heavy atom. The van der Waals surface area contributed by atoms with Crippen molar-refractivity contribution in [3.8, 4) is 11.5 Å². The molecule has 0 spiro atoms. The highest BCUT2D eigenvalue weighted by atomic mass is 32.2. The molecule has 1 N–H and O–H groups in total. The second-order valence-electron chi connectivity index (χ2n) is 6.06. The average Bonchev–Trinajstić information content (AvgIpc) is 3.05. The van der Waals surface area contributed by atoms with Gasteiger partial charge in [0.05, 0.1) is 11.8 Å². The van der Waals surface area contributed by atoms with Gasteiger partial charge in [-0.1, -0.05) is 30.3 Å². The molecule has 124 valence electrons. The summed E-state index contributed by atoms with van der Waals surface area (Å²) in [6.07, 6.45) is 3.76. The molecule has 0 radical (unpaired) electrons. The van der Waals surface area contributed by atoms with Crippen LogP contribution in [-0.4, -0.2) is 34.1 Å². The molecule has 0 unspecified atom stereocenters. The molecule has 5 heteroatoms. The number of thioether (sulfide) groups is 1. The Morgan fingerprint density at radius 2 is 2.00 bits per heavy atom. The lowest BCUT2D eigenvalue weighted by molar-refractivity contribution is -0.0180. The van der Waals surface area contributed by atoms with Gasteiger partial charge in [-0.3, -0.25) is 5.01 Å². The molecule has 2 aromatic carbocycles. The largest absolute Gasteiger partial charge is 0.507 e. The maximum Gasteiger partial charge on any atom is 0.188 e. The van der Waals surface area contributed by atoms with Gasteiger partial charge in [-0.25, -0.2) is 0 Å². The number of fused-ring (bicyclic) bond motifs is 3. The first-order chi connectivity index (χ1) is 11.8. The fourth-order valence-corrected chi connectivity index (χ4v) is 3.84. The molecule has 2 aliphatic rings. The molecule has 2 aliphatic heterocycles. The molecule has 2 atom stereocenters. The first-order valence-electron chi connectivity index (χ1n) is 8.16. The molecule has 0 amide bonds. The van der Waals surface area contributed by atoms with Crippen molar-refractivity contribution in [3.63, 3.8) is 0 Å². The predicted molar refractivity (Wildman–Crippen MR) is 97.7 cm³/mol. The zero-order chi connectivity index (χ0) is 16.5. The summed E-state index contributed by atoms with van der Waals surface area (Å²) in [5, 5.41) is 17.1. The third kappa shape index (κ3) is 2.63. The molecule has 4 nitrogen and oxygen atoms in total. The summed E-state index contributed by atoms with van der Waals surface area (Å²) in [6, 6.07) is 15.8. The lowest BCUT2D eigenvalue weighted by Gasteiger charge is -2.38. The van der Waals surface area contributed by atoms with Crippen LogP contribution in [0.2, 0.25) is 0 Å². The number of hydrazone groups is 1. The number of ether oxygens (including phenoxy) is 1. The molecule has 4 rings (SSSR count). The van der Waals surface area contributed by atoms with Crippen LogP contribution in [0, 0.1) is 0 Å². The Morgan fingerprint density at radius 3 is 2.83 bits per heavy atom. The van der Waals surface area contributed by atoms with Gasteiger partial charge in [0.25, 0.3) is 0 Å². The molecule has 0 aromatic heterocycles. The van der Waals surface area contributed by atoms with Gasteiger partial charge in [-0.05, 0) is 30.2 Å². The summed E-state index contributed by atoms with van der Waals surface area (Å²) in [5.41, 5.74) is 2.91. The van der Waals surface area contributed by atoms with E-state index in [-0.39, 0.29) is 18.0 Å². The second kappa shape index (κ2) is 6.40. The van der Waals surface area contributed by atoms with Crippen LogP contribution in [-0.2, 0) is 0 Å². The fourth-order valence-electron chi connectivity index (χ4n) is 3.40. The first kappa shape index (κ1) is 15.4. The molecule has 2 aromatic rings. The minimum Gasteiger partial charge on any atom is -0.507 e. The standard InChI is InChI=1S/C19H20N2O2S/c1-24-11-10-19-21-16(14-7-3-5-9-18(14)23-19)12-15(20-21)13-6-2-4-8-17(13)22/h2-9,16,19,22H,10-12H2,1H3/t16-,19-/m1/s1. The third-order valence-electron chi connectivity index (χ3n) is 4.56. The predicted octanol–water partition coefficient (Wildman–Crippen LogP) is 4.01. The molecule has 0 aliphatic carbocycles. The van der Waals surface area contributed by atoms with Crippen LogP contribution in [0.5, 0.6) is 11.5 Å². The molecule has 0 saturated carbocycles. The van der Waals surface area contributed by atoms with Crippen LogP contribution in [0.15, 0.2) is 53.6 Å². The SMILES string of the molecule is CSCC[C@H]1Oc2ccccc2[C@H]2CC(c3ccccc3O)=NN21. The summed E-state index contributed by atoms with van der Waals surface area (Å²) in [7, 11) is 0. The van der Waals surface area contributed by atoms with Crippen molar-refractivity contribution in [1.82, 2.24) is 5.01 Å². The Bertz CT molecular complexity index is 777. The Kier molecular flexibility index (Phi) is 4.10. The van der Waals surface area contributed by atoms with E-state index in [1.165, 1.54) is 5.56 Å². The summed E-state index contributed by atoms with van der Waals surface area (Å²) >= 11 is 1.82. The quantitative estimate of drug-likeness (QED) is 0.913. The number of hydrogen-bond acceptors (Lipinski definition) is 5. The van der Waals surface area contributed by atoms with Gasteiger partial charge in [0.1, 0.15) is 11.5 Å². The van der Waals surface area contributed by atoms with Crippen molar-refractivity contribution < 1.29 is 9.84 Å². The monoisotopic (exact) mass is 340 g/mol. The van der Waals surface area contributed by atoms with Gasteiger partial charge in [-0.15, -0.1) is 0 Å². The molecule has 0 fully saturated rings. The van der Waals surface area contributed by atoms with Gasteiger partial charge in [0, 0.05) is 24.0 Å². The topological polar surface area (TPSA) is 45.1 Å². The summed E-state index contributed by atoms with van der Waals surface area (Å²) < 4.78 is 6.21. The minimum absolute atomic E-state index is 0.0549. The Hall–Kier alpha value is -2.14. The van der Waals surface area contributed by atoms with Crippen LogP contribution in [0.25, 0.3) is 0 Å². The normalized spacial score (nSPS) is 21.7. The highest BCUT2D eigenvalue weighted by Gasteiger charge is 2.40. The molecule has 0 bridgehead atoms. The zero-order valence-corrected chi connectivity index (χ0v) is 14.4. The number of aromatic hydroxyl groups is 1. The molecule has 24 heavy (non-hydrogen) atoms. The van der Waals surface area contributed by atoms with E-state index in [1.54, 1.807) is 6.07 Å². The first-order valence-corrected chi connectivity index (χ1v) is 9.56. The van der Waals surface area contributed by atoms with Crippen molar-refractivity contribution in [2.75, 3.05) is 12.0 Å². The van der Waals surface area contributed by atoms with Gasteiger partial charge < -0.3 is 9.84 Å². The van der Waals surface area contributed by atoms with E-state index < -0.39 is 0 Å². The number of rotatable bonds is 4. The zero-order valence-electron chi connectivity index (χ0n) is 13.6. The van der Waals surface area contributed by atoms with Crippen molar-refractivity contribution >= 4 is 17.5 Å². The Labute approximate surface area is 146 Å². The number of benzene rings is 2. The van der Waals surface area contributed by atoms with E-state index in [0.29, 0.717) is 0 Å². The second-order valence-corrected chi connectivity index (χ2v) is 7.04. The highest BCUT2D eigenvalue weighted by Crippen LogP contribution is 2.44. The molecular formula is C19H20N2O2S. The van der Waals surface area contributed by atoms with Gasteiger partial charge in [0.15, 0.2) is 6.23 Å². The van der Waals surface area contributed by atoms with Crippen LogP contribution >= 0.6 is 11.8 Å². The average molecular weight is 340 g/mol. The Balaban J connectivity index is 1.71. The number of hydrogen-bond donors (Lipinski definition) is 1. The molecule has 0 saturated heterocycles. The minimum atomic E-state index is -0.0549. The summed E-state index contributed by atoms with van der Waals surface area (Å²) in [4.78, 5) is 0. The van der Waals surface area contributed by atoms with E-state index in [1.807, 2.05) is 48.2 Å². The van der Waals surface area contributed by atoms with E-state index in [0.717, 1.165) is 35.6 Å². The van der Waals surface area contributed by atoms with Gasteiger partial charge in [-0.2, -0.15) is 16.9 Å².